The first-order valence-corrected chi connectivity index (χ1v) is 5.04. The Kier molecular flexibility index (Phi) is 3.19. The molecule has 1 rings (SSSR count). The number of rotatable bonds is 3. The molecule has 0 heterocycles. The molecule has 0 amide bonds. The molecule has 1 fully saturated rings. The van der Waals surface area contributed by atoms with Crippen molar-refractivity contribution in [3.63, 3.8) is 0 Å². The van der Waals surface area contributed by atoms with Gasteiger partial charge in [0, 0.05) is 11.3 Å². The second-order valence-corrected chi connectivity index (χ2v) is 4.87. The molecule has 0 aromatic carbocycles. The largest absolute Gasteiger partial charge is 0.463 e. The predicted octanol–water partition coefficient (Wildman–Crippen LogP) is 3.03. The molecule has 2 atom stereocenters. The van der Waals surface area contributed by atoms with E-state index < -0.39 is 28.1 Å². The Morgan fingerprint density at radius 3 is 2.40 bits per heavy atom. The summed E-state index contributed by atoms with van der Waals surface area (Å²) in [5, 5.41) is 0. The SMILES string of the molecule is CC1(C)C(C=C(Br)C(F)(F)F)C1OC=O. The van der Waals surface area contributed by atoms with E-state index in [4.69, 9.17) is 0 Å². The van der Waals surface area contributed by atoms with Gasteiger partial charge < -0.3 is 4.74 Å². The van der Waals surface area contributed by atoms with Crippen molar-refractivity contribution in [2.24, 2.45) is 11.3 Å². The molecule has 1 saturated carbocycles. The molecule has 86 valence electrons. The van der Waals surface area contributed by atoms with Gasteiger partial charge in [0.05, 0.1) is 4.48 Å². The topological polar surface area (TPSA) is 26.3 Å². The summed E-state index contributed by atoms with van der Waals surface area (Å²) in [4.78, 5) is 10.1. The Bertz CT molecular complexity index is 296. The Morgan fingerprint density at radius 1 is 1.47 bits per heavy atom. The van der Waals surface area contributed by atoms with Crippen LogP contribution in [0.15, 0.2) is 10.6 Å². The summed E-state index contributed by atoms with van der Waals surface area (Å²) < 4.78 is 40.4. The van der Waals surface area contributed by atoms with Crippen LogP contribution in [0.3, 0.4) is 0 Å². The Balaban J connectivity index is 2.73. The van der Waals surface area contributed by atoms with Crippen LogP contribution in [0, 0.1) is 11.3 Å². The minimum absolute atomic E-state index is 0.266. The average molecular weight is 287 g/mol. The van der Waals surface area contributed by atoms with E-state index in [1.807, 2.05) is 0 Å². The second-order valence-electron chi connectivity index (χ2n) is 4.01. The lowest BCUT2D eigenvalue weighted by atomic mass is 10.1. The van der Waals surface area contributed by atoms with Crippen molar-refractivity contribution in [1.29, 1.82) is 0 Å². The molecule has 0 aliphatic heterocycles. The summed E-state index contributed by atoms with van der Waals surface area (Å²) in [6.45, 7) is 3.76. The fourth-order valence-electron chi connectivity index (χ4n) is 1.50. The van der Waals surface area contributed by atoms with Crippen molar-refractivity contribution in [1.82, 2.24) is 0 Å². The summed E-state index contributed by atoms with van der Waals surface area (Å²) in [6.07, 6.45) is -3.80. The molecule has 0 aromatic heterocycles. The van der Waals surface area contributed by atoms with Gasteiger partial charge in [-0.05, 0) is 15.9 Å². The van der Waals surface area contributed by atoms with E-state index >= 15 is 0 Å². The highest BCUT2D eigenvalue weighted by Crippen LogP contribution is 2.56. The summed E-state index contributed by atoms with van der Waals surface area (Å²) >= 11 is 2.46. The molecule has 0 aromatic rings. The first-order chi connectivity index (χ1) is 6.71. The molecule has 1 aliphatic carbocycles. The molecular formula is C9H10BrF3O2. The van der Waals surface area contributed by atoms with E-state index in [-0.39, 0.29) is 6.47 Å². The summed E-state index contributed by atoms with van der Waals surface area (Å²) in [6, 6.07) is 0. The Hall–Kier alpha value is -0.520. The Labute approximate surface area is 93.6 Å². The van der Waals surface area contributed by atoms with Gasteiger partial charge >= 0.3 is 6.18 Å². The van der Waals surface area contributed by atoms with Crippen LogP contribution < -0.4 is 0 Å². The third-order valence-corrected chi connectivity index (χ3v) is 3.32. The predicted molar refractivity (Wildman–Crippen MR) is 51.3 cm³/mol. The summed E-state index contributed by atoms with van der Waals surface area (Å²) in [5.41, 5.74) is -0.425. The van der Waals surface area contributed by atoms with Crippen LogP contribution >= 0.6 is 15.9 Å². The molecule has 6 heteroatoms. The van der Waals surface area contributed by atoms with E-state index in [0.29, 0.717) is 0 Å². The van der Waals surface area contributed by atoms with Crippen LogP contribution in [0.2, 0.25) is 0 Å². The van der Waals surface area contributed by atoms with Gasteiger partial charge in [-0.15, -0.1) is 0 Å². The first-order valence-electron chi connectivity index (χ1n) is 4.25. The third kappa shape index (κ3) is 2.53. The minimum Gasteiger partial charge on any atom is -0.463 e. The first kappa shape index (κ1) is 12.5. The Morgan fingerprint density at radius 2 is 2.00 bits per heavy atom. The molecule has 0 saturated heterocycles. The molecule has 0 bridgehead atoms. The van der Waals surface area contributed by atoms with Crippen molar-refractivity contribution in [2.45, 2.75) is 26.1 Å². The number of hydrogen-bond acceptors (Lipinski definition) is 2. The number of carbonyl (C=O) groups is 1. The lowest BCUT2D eigenvalue weighted by Crippen LogP contribution is -2.07. The quantitative estimate of drug-likeness (QED) is 0.746. The maximum absolute atomic E-state index is 12.2. The van der Waals surface area contributed by atoms with Crippen LogP contribution in [-0.4, -0.2) is 18.8 Å². The molecule has 1 aliphatic rings. The zero-order valence-electron chi connectivity index (χ0n) is 8.14. The van der Waals surface area contributed by atoms with Gasteiger partial charge in [-0.25, -0.2) is 0 Å². The second kappa shape index (κ2) is 3.81. The lowest BCUT2D eigenvalue weighted by molar-refractivity contribution is -0.130. The molecule has 0 N–H and O–H groups in total. The normalized spacial score (nSPS) is 29.9. The fourth-order valence-corrected chi connectivity index (χ4v) is 1.79. The number of alkyl halides is 3. The highest BCUT2D eigenvalue weighted by Gasteiger charge is 2.59. The zero-order chi connectivity index (χ0) is 11.9. The smallest absolute Gasteiger partial charge is 0.422 e. The van der Waals surface area contributed by atoms with E-state index in [1.54, 1.807) is 13.8 Å². The van der Waals surface area contributed by atoms with Crippen LogP contribution in [0.1, 0.15) is 13.8 Å². The molecular weight excluding hydrogens is 277 g/mol. The average Bonchev–Trinajstić information content (AvgIpc) is 2.54. The van der Waals surface area contributed by atoms with Crippen molar-refractivity contribution < 1.29 is 22.7 Å². The monoisotopic (exact) mass is 286 g/mol. The number of ether oxygens (including phenoxy) is 1. The van der Waals surface area contributed by atoms with E-state index in [2.05, 4.69) is 20.7 Å². The van der Waals surface area contributed by atoms with E-state index in [0.717, 1.165) is 6.08 Å². The van der Waals surface area contributed by atoms with Gasteiger partial charge in [0.25, 0.3) is 6.47 Å². The summed E-state index contributed by atoms with van der Waals surface area (Å²) in [5.74, 6) is -0.390. The maximum Gasteiger partial charge on any atom is 0.422 e. The molecule has 0 radical (unpaired) electrons. The molecule has 2 nitrogen and oxygen atoms in total. The van der Waals surface area contributed by atoms with Crippen molar-refractivity contribution in [3.05, 3.63) is 10.6 Å². The summed E-state index contributed by atoms with van der Waals surface area (Å²) in [7, 11) is 0. The number of carbonyl (C=O) groups excluding carboxylic acids is 1. The maximum atomic E-state index is 12.2. The minimum atomic E-state index is -4.38. The van der Waals surface area contributed by atoms with Crippen LogP contribution in [-0.2, 0) is 9.53 Å². The number of hydrogen-bond donors (Lipinski definition) is 0. The standard InChI is InChI=1S/C9H10BrF3O2/c1-8(2)5(7(8)15-4-14)3-6(10)9(11,12)13/h3-5,7H,1-2H3. The van der Waals surface area contributed by atoms with E-state index in [9.17, 15) is 18.0 Å². The highest BCUT2D eigenvalue weighted by atomic mass is 79.9. The van der Waals surface area contributed by atoms with Crippen LogP contribution in [0.4, 0.5) is 13.2 Å². The van der Waals surface area contributed by atoms with Gasteiger partial charge in [-0.1, -0.05) is 19.9 Å². The zero-order valence-corrected chi connectivity index (χ0v) is 9.72. The molecule has 15 heavy (non-hydrogen) atoms. The van der Waals surface area contributed by atoms with Crippen molar-refractivity contribution >= 4 is 22.4 Å². The van der Waals surface area contributed by atoms with Crippen molar-refractivity contribution in [2.75, 3.05) is 0 Å². The van der Waals surface area contributed by atoms with Gasteiger partial charge in [-0.3, -0.25) is 4.79 Å². The molecule has 0 spiro atoms. The van der Waals surface area contributed by atoms with Crippen LogP contribution in [0.25, 0.3) is 0 Å². The van der Waals surface area contributed by atoms with Gasteiger partial charge in [0.2, 0.25) is 0 Å². The molecule has 2 unspecified atom stereocenters. The fraction of sp³-hybridized carbons (Fsp3) is 0.667. The van der Waals surface area contributed by atoms with E-state index in [1.165, 1.54) is 0 Å². The van der Waals surface area contributed by atoms with Gasteiger partial charge in [0.15, 0.2) is 0 Å². The number of halogens is 4. The van der Waals surface area contributed by atoms with Crippen molar-refractivity contribution in [3.8, 4) is 0 Å². The number of allylic oxidation sites excluding steroid dienone is 1. The van der Waals surface area contributed by atoms with Crippen LogP contribution in [0.5, 0.6) is 0 Å². The lowest BCUT2D eigenvalue weighted by Gasteiger charge is -2.04. The van der Waals surface area contributed by atoms with Gasteiger partial charge in [0.1, 0.15) is 6.10 Å². The third-order valence-electron chi connectivity index (χ3n) is 2.61. The highest BCUT2D eigenvalue weighted by molar-refractivity contribution is 9.11. The van der Waals surface area contributed by atoms with Gasteiger partial charge in [-0.2, -0.15) is 13.2 Å².